The van der Waals surface area contributed by atoms with Crippen molar-refractivity contribution in [2.75, 3.05) is 0 Å². The third-order valence-corrected chi connectivity index (χ3v) is 6.94. The van der Waals surface area contributed by atoms with Crippen LogP contribution >= 0.6 is 0 Å². The van der Waals surface area contributed by atoms with Crippen molar-refractivity contribution in [3.8, 4) is 0 Å². The van der Waals surface area contributed by atoms with Crippen LogP contribution in [0.25, 0.3) is 10.9 Å². The Bertz CT molecular complexity index is 948. The molecule has 146 valence electrons. The highest BCUT2D eigenvalue weighted by atomic mass is 15.0. The van der Waals surface area contributed by atoms with Gasteiger partial charge < -0.3 is 10.3 Å². The Labute approximate surface area is 168 Å². The summed E-state index contributed by atoms with van der Waals surface area (Å²) >= 11 is 0. The highest BCUT2D eigenvalue weighted by Crippen LogP contribution is 2.34. The van der Waals surface area contributed by atoms with Crippen LogP contribution in [0.1, 0.15) is 60.2 Å². The van der Waals surface area contributed by atoms with Crippen molar-refractivity contribution >= 4 is 10.9 Å². The molecule has 2 aromatic heterocycles. The topological polar surface area (TPSA) is 40.7 Å². The minimum absolute atomic E-state index is 0.656. The van der Waals surface area contributed by atoms with Gasteiger partial charge in [0.25, 0.3) is 0 Å². The van der Waals surface area contributed by atoms with Crippen molar-refractivity contribution in [1.29, 1.82) is 0 Å². The highest BCUT2D eigenvalue weighted by molar-refractivity contribution is 5.88. The predicted molar refractivity (Wildman–Crippen MR) is 116 cm³/mol. The molecule has 3 heterocycles. The lowest BCUT2D eigenvalue weighted by Gasteiger charge is -2.34. The van der Waals surface area contributed by atoms with E-state index in [2.05, 4.69) is 45.6 Å². The second-order valence-electron chi connectivity index (χ2n) is 8.82. The van der Waals surface area contributed by atoms with Crippen LogP contribution in [0.5, 0.6) is 0 Å². The standard InChI is InChI=1S/C25H31N3/c1-17-10-11-18(15-26-17)12-13-20-8-5-9-22-25(20)21-16-27-23(14-24(21)28-22)19-6-3-2-4-7-19/h5,8-11,15,19,23,27-28H,2-4,6-7,12-14,16H2,1H3. The number of hydrogen-bond acceptors (Lipinski definition) is 2. The zero-order valence-electron chi connectivity index (χ0n) is 16.9. The van der Waals surface area contributed by atoms with Crippen LogP contribution in [0.2, 0.25) is 0 Å². The number of aromatic nitrogens is 2. The second-order valence-corrected chi connectivity index (χ2v) is 8.82. The molecule has 1 aromatic carbocycles. The van der Waals surface area contributed by atoms with Crippen molar-refractivity contribution < 1.29 is 0 Å². The van der Waals surface area contributed by atoms with Crippen LogP contribution < -0.4 is 5.32 Å². The summed E-state index contributed by atoms with van der Waals surface area (Å²) < 4.78 is 0. The zero-order valence-corrected chi connectivity index (χ0v) is 16.9. The van der Waals surface area contributed by atoms with E-state index in [4.69, 9.17) is 0 Å². The summed E-state index contributed by atoms with van der Waals surface area (Å²) in [4.78, 5) is 8.23. The Kier molecular flexibility index (Phi) is 4.94. The molecule has 1 fully saturated rings. The van der Waals surface area contributed by atoms with Crippen molar-refractivity contribution in [3.63, 3.8) is 0 Å². The van der Waals surface area contributed by atoms with Crippen LogP contribution in [0.4, 0.5) is 0 Å². The van der Waals surface area contributed by atoms with E-state index in [1.165, 1.54) is 65.4 Å². The average Bonchev–Trinajstić information content (AvgIpc) is 3.12. The molecule has 3 nitrogen and oxygen atoms in total. The molecule has 1 unspecified atom stereocenters. The third kappa shape index (κ3) is 3.48. The SMILES string of the molecule is Cc1ccc(CCc2cccc3[nH]c4c(c23)CNC(C2CCCCC2)C4)cn1. The number of nitrogens with zero attached hydrogens (tertiary/aromatic N) is 1. The van der Waals surface area contributed by atoms with Crippen molar-refractivity contribution in [2.45, 2.75) is 70.9 Å². The summed E-state index contributed by atoms with van der Waals surface area (Å²) in [5.41, 5.74) is 8.18. The van der Waals surface area contributed by atoms with E-state index >= 15 is 0 Å². The fraction of sp³-hybridized carbons (Fsp3) is 0.480. The van der Waals surface area contributed by atoms with Gasteiger partial charge in [0, 0.05) is 47.5 Å². The van der Waals surface area contributed by atoms with Gasteiger partial charge >= 0.3 is 0 Å². The molecule has 2 aliphatic rings. The normalized spacial score (nSPS) is 20.4. The van der Waals surface area contributed by atoms with Gasteiger partial charge in [-0.2, -0.15) is 0 Å². The molecule has 0 spiro atoms. The number of nitrogens with one attached hydrogen (secondary N) is 2. The van der Waals surface area contributed by atoms with E-state index in [0.29, 0.717) is 6.04 Å². The maximum absolute atomic E-state index is 4.45. The van der Waals surface area contributed by atoms with Crippen LogP contribution in [0.3, 0.4) is 0 Å². The summed E-state index contributed by atoms with van der Waals surface area (Å²) in [7, 11) is 0. The van der Waals surface area contributed by atoms with Gasteiger partial charge in [-0.1, -0.05) is 37.5 Å². The van der Waals surface area contributed by atoms with Crippen molar-refractivity contribution in [2.24, 2.45) is 5.92 Å². The van der Waals surface area contributed by atoms with E-state index in [-0.39, 0.29) is 0 Å². The zero-order chi connectivity index (χ0) is 18.9. The Hall–Kier alpha value is -2.13. The van der Waals surface area contributed by atoms with Gasteiger partial charge in [-0.05, 0) is 67.3 Å². The summed E-state index contributed by atoms with van der Waals surface area (Å²) in [6.07, 6.45) is 12.4. The average molecular weight is 374 g/mol. The van der Waals surface area contributed by atoms with Crippen LogP contribution in [0, 0.1) is 12.8 Å². The molecule has 28 heavy (non-hydrogen) atoms. The lowest BCUT2D eigenvalue weighted by molar-refractivity contribution is 0.257. The van der Waals surface area contributed by atoms with Crippen LogP contribution in [-0.4, -0.2) is 16.0 Å². The fourth-order valence-corrected chi connectivity index (χ4v) is 5.35. The number of pyridine rings is 1. The smallest absolute Gasteiger partial charge is 0.0462 e. The number of aromatic amines is 1. The van der Waals surface area contributed by atoms with E-state index in [1.807, 2.05) is 13.1 Å². The quantitative estimate of drug-likeness (QED) is 0.656. The molecule has 1 aliphatic carbocycles. The van der Waals surface area contributed by atoms with E-state index in [1.54, 1.807) is 0 Å². The lowest BCUT2D eigenvalue weighted by Crippen LogP contribution is -2.41. The number of fused-ring (bicyclic) bond motifs is 3. The molecular formula is C25H31N3. The Morgan fingerprint density at radius 1 is 1.04 bits per heavy atom. The summed E-state index contributed by atoms with van der Waals surface area (Å²) in [5.74, 6) is 0.863. The first-order valence-electron chi connectivity index (χ1n) is 11.0. The van der Waals surface area contributed by atoms with Gasteiger partial charge in [0.2, 0.25) is 0 Å². The Morgan fingerprint density at radius 3 is 2.75 bits per heavy atom. The molecule has 1 atom stereocenters. The van der Waals surface area contributed by atoms with E-state index in [9.17, 15) is 0 Å². The van der Waals surface area contributed by atoms with Gasteiger partial charge in [-0.3, -0.25) is 4.98 Å². The predicted octanol–water partition coefficient (Wildman–Crippen LogP) is 5.25. The van der Waals surface area contributed by atoms with Gasteiger partial charge in [0.15, 0.2) is 0 Å². The molecule has 3 aromatic rings. The highest BCUT2D eigenvalue weighted by Gasteiger charge is 2.29. The van der Waals surface area contributed by atoms with Gasteiger partial charge in [-0.15, -0.1) is 0 Å². The Morgan fingerprint density at radius 2 is 1.93 bits per heavy atom. The lowest BCUT2D eigenvalue weighted by atomic mass is 9.80. The maximum Gasteiger partial charge on any atom is 0.0462 e. The largest absolute Gasteiger partial charge is 0.358 e. The summed E-state index contributed by atoms with van der Waals surface area (Å²) in [6.45, 7) is 3.06. The van der Waals surface area contributed by atoms with Crippen molar-refractivity contribution in [3.05, 3.63) is 64.6 Å². The minimum atomic E-state index is 0.656. The van der Waals surface area contributed by atoms with Crippen LogP contribution in [0.15, 0.2) is 36.5 Å². The monoisotopic (exact) mass is 373 g/mol. The summed E-state index contributed by atoms with van der Waals surface area (Å²) in [6, 6.07) is 11.8. The summed E-state index contributed by atoms with van der Waals surface area (Å²) in [5, 5.41) is 5.37. The Balaban J connectivity index is 1.38. The number of rotatable bonds is 4. The fourth-order valence-electron chi connectivity index (χ4n) is 5.35. The second kappa shape index (κ2) is 7.71. The van der Waals surface area contributed by atoms with E-state index in [0.717, 1.165) is 37.4 Å². The van der Waals surface area contributed by atoms with Crippen molar-refractivity contribution in [1.82, 2.24) is 15.3 Å². The molecule has 0 saturated heterocycles. The van der Waals surface area contributed by atoms with E-state index < -0.39 is 0 Å². The molecule has 0 amide bonds. The minimum Gasteiger partial charge on any atom is -0.358 e. The number of aryl methyl sites for hydroxylation is 3. The molecule has 3 heteroatoms. The molecule has 0 radical (unpaired) electrons. The third-order valence-electron chi connectivity index (χ3n) is 6.94. The van der Waals surface area contributed by atoms with Gasteiger partial charge in [0.05, 0.1) is 0 Å². The molecule has 5 rings (SSSR count). The molecule has 1 aliphatic heterocycles. The molecule has 2 N–H and O–H groups in total. The number of H-pyrrole nitrogens is 1. The first kappa shape index (κ1) is 17.9. The molecule has 0 bridgehead atoms. The van der Waals surface area contributed by atoms with Gasteiger partial charge in [0.1, 0.15) is 0 Å². The molecular weight excluding hydrogens is 342 g/mol. The number of hydrogen-bond donors (Lipinski definition) is 2. The number of benzene rings is 1. The maximum atomic E-state index is 4.45. The molecule has 1 saturated carbocycles. The van der Waals surface area contributed by atoms with Crippen LogP contribution in [-0.2, 0) is 25.8 Å². The van der Waals surface area contributed by atoms with Gasteiger partial charge in [-0.25, -0.2) is 0 Å². The first-order chi connectivity index (χ1) is 13.8. The first-order valence-corrected chi connectivity index (χ1v) is 11.0.